The summed E-state index contributed by atoms with van der Waals surface area (Å²) in [5.41, 5.74) is 0.231. The van der Waals surface area contributed by atoms with Crippen LogP contribution in [0.15, 0.2) is 24.5 Å². The maximum Gasteiger partial charge on any atom is 0.356 e. The molecule has 0 aliphatic carbocycles. The van der Waals surface area contributed by atoms with E-state index < -0.39 is 11.8 Å². The summed E-state index contributed by atoms with van der Waals surface area (Å²) in [4.78, 5) is 18.1. The highest BCUT2D eigenvalue weighted by Gasteiger charge is 2.09. The van der Waals surface area contributed by atoms with Gasteiger partial charge in [-0.05, 0) is 12.1 Å². The molecule has 0 atom stereocenters. The number of aromatic carboxylic acids is 1. The quantitative estimate of drug-likeness (QED) is 0.850. The first kappa shape index (κ1) is 13.5. The third-order valence-electron chi connectivity index (χ3n) is 2.13. The fourth-order valence-corrected chi connectivity index (χ4v) is 1.77. The van der Waals surface area contributed by atoms with E-state index in [1.807, 2.05) is 0 Å². The number of anilines is 2. The Bertz CT molecular complexity index is 611. The monoisotopic (exact) mass is 301 g/mol. The lowest BCUT2D eigenvalue weighted by atomic mass is 10.3. The summed E-state index contributed by atoms with van der Waals surface area (Å²) in [5.74, 6) is -1.60. The fraction of sp³-hybridized carbons (Fsp3) is 0. The van der Waals surface area contributed by atoms with Gasteiger partial charge in [0.1, 0.15) is 5.82 Å². The summed E-state index contributed by atoms with van der Waals surface area (Å²) in [7, 11) is 0. The highest BCUT2D eigenvalue weighted by atomic mass is 35.5. The van der Waals surface area contributed by atoms with E-state index >= 15 is 0 Å². The minimum atomic E-state index is -1.17. The fourth-order valence-electron chi connectivity index (χ4n) is 1.28. The van der Waals surface area contributed by atoms with Gasteiger partial charge in [-0.15, -0.1) is 0 Å². The summed E-state index contributed by atoms with van der Waals surface area (Å²) in [6, 6.07) is 2.66. The standard InChI is InChI=1S/C11H6Cl2FN3O2/c12-6-1-5(2-7(13)10(6)14)17-9-4-15-8(3-16-9)11(18)19/h1-4H,(H,16,17)(H,18,19). The van der Waals surface area contributed by atoms with Gasteiger partial charge >= 0.3 is 5.97 Å². The van der Waals surface area contributed by atoms with Crippen molar-refractivity contribution in [3.63, 3.8) is 0 Å². The molecule has 1 aromatic heterocycles. The molecule has 8 heteroatoms. The molecule has 0 aliphatic rings. The molecule has 0 radical (unpaired) electrons. The highest BCUT2D eigenvalue weighted by Crippen LogP contribution is 2.28. The van der Waals surface area contributed by atoms with E-state index in [1.165, 1.54) is 18.3 Å². The second kappa shape index (κ2) is 5.38. The Morgan fingerprint density at radius 3 is 2.32 bits per heavy atom. The van der Waals surface area contributed by atoms with Gasteiger partial charge in [0.2, 0.25) is 0 Å². The van der Waals surface area contributed by atoms with Crippen molar-refractivity contribution in [1.29, 1.82) is 0 Å². The first-order valence-electron chi connectivity index (χ1n) is 4.94. The number of rotatable bonds is 3. The molecule has 5 nitrogen and oxygen atoms in total. The van der Waals surface area contributed by atoms with Crippen LogP contribution in [-0.4, -0.2) is 21.0 Å². The lowest BCUT2D eigenvalue weighted by Gasteiger charge is -2.07. The van der Waals surface area contributed by atoms with Crippen LogP contribution in [0, 0.1) is 5.82 Å². The molecule has 0 unspecified atom stereocenters. The molecule has 0 aliphatic heterocycles. The van der Waals surface area contributed by atoms with Gasteiger partial charge in [0, 0.05) is 5.69 Å². The molecule has 19 heavy (non-hydrogen) atoms. The number of carboxylic acid groups (broad SMARTS) is 1. The third kappa shape index (κ3) is 3.10. The van der Waals surface area contributed by atoms with Crippen molar-refractivity contribution in [3.8, 4) is 0 Å². The van der Waals surface area contributed by atoms with E-state index in [0.29, 0.717) is 5.69 Å². The van der Waals surface area contributed by atoms with Gasteiger partial charge in [-0.3, -0.25) is 0 Å². The van der Waals surface area contributed by atoms with Gasteiger partial charge < -0.3 is 10.4 Å². The van der Waals surface area contributed by atoms with Crippen LogP contribution in [0.1, 0.15) is 10.5 Å². The number of nitrogens with one attached hydrogen (secondary N) is 1. The maximum atomic E-state index is 13.2. The molecule has 98 valence electrons. The predicted octanol–water partition coefficient (Wildman–Crippen LogP) is 3.36. The molecule has 1 aromatic carbocycles. The molecule has 0 amide bonds. The molecule has 0 saturated carbocycles. The Morgan fingerprint density at radius 2 is 1.84 bits per heavy atom. The Morgan fingerprint density at radius 1 is 1.21 bits per heavy atom. The van der Waals surface area contributed by atoms with Crippen LogP contribution in [0.2, 0.25) is 10.0 Å². The first-order valence-corrected chi connectivity index (χ1v) is 5.70. The molecule has 0 bridgehead atoms. The summed E-state index contributed by atoms with van der Waals surface area (Å²) >= 11 is 11.3. The second-order valence-corrected chi connectivity index (χ2v) is 4.29. The van der Waals surface area contributed by atoms with E-state index in [1.54, 1.807) is 0 Å². The normalized spacial score (nSPS) is 10.3. The van der Waals surface area contributed by atoms with Gasteiger partial charge in [0.15, 0.2) is 11.5 Å². The Balaban J connectivity index is 2.24. The summed E-state index contributed by atoms with van der Waals surface area (Å²) < 4.78 is 13.2. The minimum absolute atomic E-state index is 0.134. The third-order valence-corrected chi connectivity index (χ3v) is 2.68. The summed E-state index contributed by atoms with van der Waals surface area (Å²) in [6.45, 7) is 0. The Kier molecular flexibility index (Phi) is 3.82. The largest absolute Gasteiger partial charge is 0.476 e. The number of hydrogen-bond acceptors (Lipinski definition) is 4. The van der Waals surface area contributed by atoms with Crippen molar-refractivity contribution in [2.75, 3.05) is 5.32 Å². The van der Waals surface area contributed by atoms with Gasteiger partial charge in [0.25, 0.3) is 0 Å². The van der Waals surface area contributed by atoms with Crippen LogP contribution in [0.5, 0.6) is 0 Å². The van der Waals surface area contributed by atoms with Crippen LogP contribution in [0.25, 0.3) is 0 Å². The molecular weight excluding hydrogens is 296 g/mol. The minimum Gasteiger partial charge on any atom is -0.476 e. The van der Waals surface area contributed by atoms with E-state index in [-0.39, 0.29) is 21.6 Å². The number of halogens is 3. The molecular formula is C11H6Cl2FN3O2. The SMILES string of the molecule is O=C(O)c1cnc(Nc2cc(Cl)c(F)c(Cl)c2)cn1. The summed E-state index contributed by atoms with van der Waals surface area (Å²) in [5, 5.41) is 11.2. The number of nitrogens with zero attached hydrogens (tertiary/aromatic N) is 2. The first-order chi connectivity index (χ1) is 8.97. The van der Waals surface area contributed by atoms with Crippen molar-refractivity contribution >= 4 is 40.7 Å². The zero-order chi connectivity index (χ0) is 14.0. The van der Waals surface area contributed by atoms with Crippen molar-refractivity contribution in [2.45, 2.75) is 0 Å². The van der Waals surface area contributed by atoms with Crippen molar-refractivity contribution in [3.05, 3.63) is 46.1 Å². The molecule has 2 aromatic rings. The van der Waals surface area contributed by atoms with Crippen molar-refractivity contribution < 1.29 is 14.3 Å². The van der Waals surface area contributed by atoms with Crippen LogP contribution < -0.4 is 5.32 Å². The van der Waals surface area contributed by atoms with E-state index in [9.17, 15) is 9.18 Å². The van der Waals surface area contributed by atoms with Crippen molar-refractivity contribution in [2.24, 2.45) is 0 Å². The average Bonchev–Trinajstić information content (AvgIpc) is 2.36. The Hall–Kier alpha value is -1.92. The van der Waals surface area contributed by atoms with Crippen molar-refractivity contribution in [1.82, 2.24) is 9.97 Å². The number of carboxylic acids is 1. The van der Waals surface area contributed by atoms with Gasteiger partial charge in [-0.2, -0.15) is 0 Å². The highest BCUT2D eigenvalue weighted by molar-refractivity contribution is 6.35. The zero-order valence-electron chi connectivity index (χ0n) is 9.19. The van der Waals surface area contributed by atoms with Crippen LogP contribution in [0.3, 0.4) is 0 Å². The lowest BCUT2D eigenvalue weighted by molar-refractivity contribution is 0.0690. The maximum absolute atomic E-state index is 13.2. The number of aromatic nitrogens is 2. The molecule has 2 rings (SSSR count). The van der Waals surface area contributed by atoms with Gasteiger partial charge in [0.05, 0.1) is 22.4 Å². The van der Waals surface area contributed by atoms with E-state index in [4.69, 9.17) is 28.3 Å². The van der Waals surface area contributed by atoms with E-state index in [2.05, 4.69) is 15.3 Å². The van der Waals surface area contributed by atoms with Crippen LogP contribution >= 0.6 is 23.2 Å². The summed E-state index contributed by atoms with van der Waals surface area (Å²) in [6.07, 6.45) is 2.33. The van der Waals surface area contributed by atoms with Gasteiger partial charge in [-0.1, -0.05) is 23.2 Å². The Labute approximate surface area is 117 Å². The molecule has 0 spiro atoms. The topological polar surface area (TPSA) is 75.1 Å². The lowest BCUT2D eigenvalue weighted by Crippen LogP contribution is -2.02. The molecule has 1 heterocycles. The second-order valence-electron chi connectivity index (χ2n) is 3.47. The predicted molar refractivity (Wildman–Crippen MR) is 68.7 cm³/mol. The smallest absolute Gasteiger partial charge is 0.356 e. The van der Waals surface area contributed by atoms with Crippen LogP contribution in [0.4, 0.5) is 15.9 Å². The number of benzene rings is 1. The average molecular weight is 302 g/mol. The van der Waals surface area contributed by atoms with Gasteiger partial charge in [-0.25, -0.2) is 19.2 Å². The number of hydrogen-bond donors (Lipinski definition) is 2. The van der Waals surface area contributed by atoms with Crippen LogP contribution in [-0.2, 0) is 0 Å². The number of carbonyl (C=O) groups is 1. The zero-order valence-corrected chi connectivity index (χ0v) is 10.7. The van der Waals surface area contributed by atoms with E-state index in [0.717, 1.165) is 6.20 Å². The molecule has 0 saturated heterocycles. The molecule has 2 N–H and O–H groups in total. The molecule has 0 fully saturated rings.